The van der Waals surface area contributed by atoms with E-state index in [2.05, 4.69) is 0 Å². The fraction of sp³-hybridized carbons (Fsp3) is 0.333. The first kappa shape index (κ1) is 23.2. The summed E-state index contributed by atoms with van der Waals surface area (Å²) in [7, 11) is 1.65. The van der Waals surface area contributed by atoms with Gasteiger partial charge >= 0.3 is 5.97 Å². The van der Waals surface area contributed by atoms with Gasteiger partial charge in [0.2, 0.25) is 0 Å². The first-order chi connectivity index (χ1) is 17.1. The lowest BCUT2D eigenvalue weighted by atomic mass is 10.0. The highest BCUT2D eigenvalue weighted by Gasteiger charge is 2.17. The van der Waals surface area contributed by atoms with Crippen LogP contribution in [-0.4, -0.2) is 41.0 Å². The molecule has 0 bridgehead atoms. The molecule has 0 saturated heterocycles. The molecule has 0 spiro atoms. The molecule has 0 saturated carbocycles. The molecule has 1 N–H and O–H groups in total. The predicted molar refractivity (Wildman–Crippen MR) is 136 cm³/mol. The number of methoxy groups -OCH3 is 1. The third kappa shape index (κ3) is 5.27. The van der Waals surface area contributed by atoms with Gasteiger partial charge in [-0.25, -0.2) is 4.98 Å². The van der Waals surface area contributed by atoms with Crippen LogP contribution in [0.25, 0.3) is 21.5 Å². The number of aromatic nitrogens is 2. The molecule has 0 fully saturated rings. The molecule has 1 aliphatic rings. The van der Waals surface area contributed by atoms with Crippen molar-refractivity contribution in [3.05, 3.63) is 59.2 Å². The summed E-state index contributed by atoms with van der Waals surface area (Å²) >= 11 is 1.79. The molecule has 0 unspecified atom stereocenters. The Morgan fingerprint density at radius 3 is 2.74 bits per heavy atom. The van der Waals surface area contributed by atoms with Gasteiger partial charge in [-0.2, -0.15) is 0 Å². The minimum atomic E-state index is -0.865. The zero-order valence-corrected chi connectivity index (χ0v) is 20.5. The number of ether oxygens (including phenoxy) is 3. The zero-order valence-electron chi connectivity index (χ0n) is 19.7. The van der Waals surface area contributed by atoms with E-state index in [9.17, 15) is 4.79 Å². The molecule has 8 heteroatoms. The summed E-state index contributed by atoms with van der Waals surface area (Å²) in [6, 6.07) is 13.6. The zero-order chi connectivity index (χ0) is 24.2. The van der Waals surface area contributed by atoms with Gasteiger partial charge in [-0.05, 0) is 68.1 Å². The lowest BCUT2D eigenvalue weighted by Gasteiger charge is -2.12. The highest BCUT2D eigenvalue weighted by Crippen LogP contribution is 2.37. The second-order valence-electron chi connectivity index (χ2n) is 8.57. The smallest absolute Gasteiger partial charge is 0.323 e. The summed E-state index contributed by atoms with van der Waals surface area (Å²) in [5.41, 5.74) is 3.19. The minimum absolute atomic E-state index is 0.0581. The Morgan fingerprint density at radius 2 is 1.91 bits per heavy atom. The van der Waals surface area contributed by atoms with Gasteiger partial charge in [0.05, 0.1) is 26.0 Å². The van der Waals surface area contributed by atoms with E-state index in [4.69, 9.17) is 24.3 Å². The molecule has 35 heavy (non-hydrogen) atoms. The largest absolute Gasteiger partial charge is 0.493 e. The Balaban J connectivity index is 1.14. The Hall–Kier alpha value is -3.52. The van der Waals surface area contributed by atoms with Crippen molar-refractivity contribution in [2.75, 3.05) is 20.3 Å². The molecule has 5 rings (SSSR count). The van der Waals surface area contributed by atoms with Crippen molar-refractivity contribution in [3.63, 3.8) is 0 Å². The molecule has 0 aliphatic heterocycles. The average molecular weight is 493 g/mol. The molecule has 2 heterocycles. The number of aryl methyl sites for hydroxylation is 2. The molecule has 4 aromatic rings. The number of carboxylic acid groups (broad SMARTS) is 1. The van der Waals surface area contributed by atoms with Crippen molar-refractivity contribution in [1.29, 1.82) is 0 Å². The van der Waals surface area contributed by atoms with E-state index >= 15 is 0 Å². The summed E-state index contributed by atoms with van der Waals surface area (Å²) in [4.78, 5) is 17.2. The average Bonchev–Trinajstić information content (AvgIpc) is 3.47. The second kappa shape index (κ2) is 10.4. The van der Waals surface area contributed by atoms with E-state index in [-0.39, 0.29) is 6.54 Å². The number of benzene rings is 2. The Morgan fingerprint density at radius 1 is 1.06 bits per heavy atom. The van der Waals surface area contributed by atoms with Gasteiger partial charge in [0.25, 0.3) is 0 Å². The van der Waals surface area contributed by atoms with Gasteiger partial charge in [-0.1, -0.05) is 0 Å². The monoisotopic (exact) mass is 492 g/mol. The molecular formula is C27H28N2O5S. The van der Waals surface area contributed by atoms with E-state index in [1.54, 1.807) is 29.2 Å². The second-order valence-corrected chi connectivity index (χ2v) is 9.65. The van der Waals surface area contributed by atoms with Crippen LogP contribution in [-0.2, 0) is 24.2 Å². The van der Waals surface area contributed by atoms with Crippen LogP contribution in [0, 0.1) is 0 Å². The van der Waals surface area contributed by atoms with Crippen LogP contribution < -0.4 is 14.2 Å². The number of nitrogens with zero attached hydrogens (tertiary/aromatic N) is 2. The number of carbonyl (C=O) groups is 1. The van der Waals surface area contributed by atoms with Gasteiger partial charge in [0, 0.05) is 34.0 Å². The van der Waals surface area contributed by atoms with Crippen LogP contribution in [0.4, 0.5) is 0 Å². The molecule has 0 amide bonds. The number of hydrogen-bond donors (Lipinski definition) is 1. The van der Waals surface area contributed by atoms with Gasteiger partial charge in [-0.3, -0.25) is 4.79 Å². The van der Waals surface area contributed by atoms with Gasteiger partial charge in [-0.15, -0.1) is 11.3 Å². The maximum absolute atomic E-state index is 11.0. The van der Waals surface area contributed by atoms with E-state index < -0.39 is 5.97 Å². The molecule has 0 radical (unpaired) electrons. The van der Waals surface area contributed by atoms with E-state index in [0.717, 1.165) is 40.1 Å². The van der Waals surface area contributed by atoms with Gasteiger partial charge in [0.1, 0.15) is 17.3 Å². The molecular weight excluding hydrogens is 464 g/mol. The molecule has 2 aromatic heterocycles. The molecule has 7 nitrogen and oxygen atoms in total. The van der Waals surface area contributed by atoms with Crippen LogP contribution in [0.2, 0.25) is 0 Å². The Kier molecular flexibility index (Phi) is 6.90. The van der Waals surface area contributed by atoms with Crippen molar-refractivity contribution in [2.45, 2.75) is 38.6 Å². The SMILES string of the molecule is COc1cc(-c2nc3c(s2)CCCC3)ccc1OCCCOc1ccc2c(ccn2CC(=O)O)c1. The standard InChI is InChI=1S/C27H28N2O5S/c1-32-24-16-19(27-28-21-5-2-3-6-25(21)35-27)7-10-23(24)34-14-4-13-33-20-8-9-22-18(15-20)11-12-29(22)17-26(30)31/h7-12,15-16H,2-6,13-14,17H2,1H3,(H,30,31). The first-order valence-electron chi connectivity index (χ1n) is 11.8. The topological polar surface area (TPSA) is 82.8 Å². The maximum atomic E-state index is 11.0. The van der Waals surface area contributed by atoms with Crippen LogP contribution in [0.3, 0.4) is 0 Å². The molecule has 182 valence electrons. The molecule has 0 atom stereocenters. The summed E-state index contributed by atoms with van der Waals surface area (Å²) < 4.78 is 19.1. The van der Waals surface area contributed by atoms with Gasteiger partial charge in [0.15, 0.2) is 11.5 Å². The lowest BCUT2D eigenvalue weighted by Crippen LogP contribution is -2.07. The summed E-state index contributed by atoms with van der Waals surface area (Å²) in [6.07, 6.45) is 7.19. The number of hydrogen-bond acceptors (Lipinski definition) is 6. The van der Waals surface area contributed by atoms with Crippen LogP contribution in [0.1, 0.15) is 29.8 Å². The van der Waals surface area contributed by atoms with E-state index in [1.165, 1.54) is 23.4 Å². The number of fused-ring (bicyclic) bond motifs is 2. The molecule has 2 aromatic carbocycles. The number of rotatable bonds is 10. The summed E-state index contributed by atoms with van der Waals surface area (Å²) in [5.74, 6) is 1.29. The van der Waals surface area contributed by atoms with Gasteiger partial charge < -0.3 is 23.9 Å². The third-order valence-corrected chi connectivity index (χ3v) is 7.33. The number of thiazole rings is 1. The van der Waals surface area contributed by atoms with Crippen molar-refractivity contribution >= 4 is 28.2 Å². The summed E-state index contributed by atoms with van der Waals surface area (Å²) in [6.45, 7) is 0.947. The van der Waals surface area contributed by atoms with Crippen molar-refractivity contribution < 1.29 is 24.1 Å². The number of carboxylic acids is 1. The van der Waals surface area contributed by atoms with Crippen LogP contribution in [0.15, 0.2) is 48.7 Å². The minimum Gasteiger partial charge on any atom is -0.493 e. The Bertz CT molecular complexity index is 1320. The van der Waals surface area contributed by atoms with Crippen molar-refractivity contribution in [3.8, 4) is 27.8 Å². The fourth-order valence-corrected chi connectivity index (χ4v) is 5.52. The quantitative estimate of drug-likeness (QED) is 0.291. The normalized spacial score (nSPS) is 12.9. The van der Waals surface area contributed by atoms with Crippen LogP contribution >= 0.6 is 11.3 Å². The fourth-order valence-electron chi connectivity index (χ4n) is 4.38. The number of aliphatic carboxylic acids is 1. The van der Waals surface area contributed by atoms with Crippen molar-refractivity contribution in [2.24, 2.45) is 0 Å². The highest BCUT2D eigenvalue weighted by atomic mass is 32.1. The van der Waals surface area contributed by atoms with Crippen LogP contribution in [0.5, 0.6) is 17.2 Å². The van der Waals surface area contributed by atoms with E-state index in [0.29, 0.717) is 31.1 Å². The lowest BCUT2D eigenvalue weighted by molar-refractivity contribution is -0.137. The van der Waals surface area contributed by atoms with Crippen molar-refractivity contribution in [1.82, 2.24) is 9.55 Å². The molecule has 1 aliphatic carbocycles. The first-order valence-corrected chi connectivity index (χ1v) is 12.7. The third-order valence-electron chi connectivity index (χ3n) is 6.12. The predicted octanol–water partition coefficient (Wildman–Crippen LogP) is 5.58. The highest BCUT2D eigenvalue weighted by molar-refractivity contribution is 7.15. The van der Waals surface area contributed by atoms with E-state index in [1.807, 2.05) is 42.5 Å². The summed E-state index contributed by atoms with van der Waals surface area (Å²) in [5, 5.41) is 11.0. The Labute approximate surface area is 207 Å². The maximum Gasteiger partial charge on any atom is 0.323 e.